The lowest BCUT2D eigenvalue weighted by Gasteiger charge is -2.17. The van der Waals surface area contributed by atoms with Gasteiger partial charge in [0, 0.05) is 26.2 Å². The summed E-state index contributed by atoms with van der Waals surface area (Å²) in [6.45, 7) is 0.490. The van der Waals surface area contributed by atoms with Crippen molar-refractivity contribution in [2.75, 3.05) is 20.3 Å². The van der Waals surface area contributed by atoms with Gasteiger partial charge in [0.15, 0.2) is 29.1 Å². The highest BCUT2D eigenvalue weighted by atomic mass is 16.5. The quantitative estimate of drug-likeness (QED) is 0.178. The Bertz CT molecular complexity index is 925. The molecule has 0 saturated heterocycles. The Balaban J connectivity index is 2.10. The molecule has 9 heteroatoms. The number of rotatable bonds is 9. The highest BCUT2D eigenvalue weighted by Crippen LogP contribution is 2.26. The monoisotopic (exact) mass is 417 g/mol. The van der Waals surface area contributed by atoms with E-state index in [-0.39, 0.29) is 42.6 Å². The largest absolute Gasteiger partial charge is 0.504 e. The summed E-state index contributed by atoms with van der Waals surface area (Å²) in [6.07, 6.45) is 1.20. The van der Waals surface area contributed by atoms with E-state index in [0.717, 1.165) is 6.08 Å². The van der Waals surface area contributed by atoms with E-state index in [0.29, 0.717) is 11.1 Å². The molecule has 0 aromatic heterocycles. The molecule has 2 rings (SSSR count). The standard InChI is InChI=1S/C21H23NO8/c1-29-9-8-22-21(28)19(12-14-3-6-16(24)18(26)11-14)30-20(27)7-4-13-2-5-15(23)17(25)10-13/h2-7,10-11,19,23-26H,8-9,12H2,1H3,(H,22,28)/b7-4+/t19-/m1/s1. The van der Waals surface area contributed by atoms with Crippen LogP contribution in [0.1, 0.15) is 11.1 Å². The van der Waals surface area contributed by atoms with Gasteiger partial charge in [-0.3, -0.25) is 4.79 Å². The number of hydrogen-bond donors (Lipinski definition) is 5. The van der Waals surface area contributed by atoms with Crippen LogP contribution in [0, 0.1) is 0 Å². The van der Waals surface area contributed by atoms with Gasteiger partial charge >= 0.3 is 5.97 Å². The molecule has 5 N–H and O–H groups in total. The van der Waals surface area contributed by atoms with Gasteiger partial charge in [-0.1, -0.05) is 12.1 Å². The normalized spacial score (nSPS) is 11.9. The SMILES string of the molecule is COCCNC(=O)[C@@H](Cc1ccc(O)c(O)c1)OC(=O)/C=C/c1ccc(O)c(O)c1. The molecule has 0 aliphatic carbocycles. The average Bonchev–Trinajstić information content (AvgIpc) is 2.71. The third-order valence-corrected chi connectivity index (χ3v) is 4.03. The zero-order valence-electron chi connectivity index (χ0n) is 16.2. The molecule has 0 spiro atoms. The van der Waals surface area contributed by atoms with E-state index in [1.54, 1.807) is 0 Å². The third-order valence-electron chi connectivity index (χ3n) is 4.03. The zero-order chi connectivity index (χ0) is 22.1. The number of ether oxygens (including phenoxy) is 2. The summed E-state index contributed by atoms with van der Waals surface area (Å²) in [5.41, 5.74) is 0.907. The average molecular weight is 417 g/mol. The molecule has 2 aromatic rings. The highest BCUT2D eigenvalue weighted by Gasteiger charge is 2.23. The lowest BCUT2D eigenvalue weighted by molar-refractivity contribution is -0.151. The number of carbonyl (C=O) groups excluding carboxylic acids is 2. The number of phenols is 4. The predicted octanol–water partition coefficient (Wildman–Crippen LogP) is 1.44. The molecule has 9 nitrogen and oxygen atoms in total. The molecule has 0 saturated carbocycles. The van der Waals surface area contributed by atoms with Crippen LogP contribution in [0.25, 0.3) is 6.08 Å². The van der Waals surface area contributed by atoms with Crippen LogP contribution in [0.5, 0.6) is 23.0 Å². The first-order valence-corrected chi connectivity index (χ1v) is 8.98. The second kappa shape index (κ2) is 10.7. The molecular weight excluding hydrogens is 394 g/mol. The smallest absolute Gasteiger partial charge is 0.331 e. The van der Waals surface area contributed by atoms with Gasteiger partial charge in [0.1, 0.15) is 0 Å². The number of benzene rings is 2. The topological polar surface area (TPSA) is 146 Å². The van der Waals surface area contributed by atoms with Crippen molar-refractivity contribution in [3.05, 3.63) is 53.6 Å². The Morgan fingerprint density at radius 3 is 2.30 bits per heavy atom. The van der Waals surface area contributed by atoms with E-state index in [1.165, 1.54) is 49.6 Å². The van der Waals surface area contributed by atoms with Crippen molar-refractivity contribution in [2.24, 2.45) is 0 Å². The first-order chi connectivity index (χ1) is 14.3. The molecule has 30 heavy (non-hydrogen) atoms. The van der Waals surface area contributed by atoms with Crippen LogP contribution in [0.4, 0.5) is 0 Å². The van der Waals surface area contributed by atoms with Crippen molar-refractivity contribution >= 4 is 18.0 Å². The molecule has 0 unspecified atom stereocenters. The molecule has 160 valence electrons. The molecule has 0 bridgehead atoms. The van der Waals surface area contributed by atoms with Gasteiger partial charge in [-0.05, 0) is 41.5 Å². The summed E-state index contributed by atoms with van der Waals surface area (Å²) >= 11 is 0. The van der Waals surface area contributed by atoms with Gasteiger partial charge < -0.3 is 35.2 Å². The van der Waals surface area contributed by atoms with Crippen LogP contribution < -0.4 is 5.32 Å². The number of amides is 1. The summed E-state index contributed by atoms with van der Waals surface area (Å²) in [5, 5.41) is 40.4. The van der Waals surface area contributed by atoms with E-state index in [4.69, 9.17) is 9.47 Å². The molecule has 0 heterocycles. The molecular formula is C21H23NO8. The number of aromatic hydroxyl groups is 4. The van der Waals surface area contributed by atoms with Crippen molar-refractivity contribution in [3.8, 4) is 23.0 Å². The van der Waals surface area contributed by atoms with Gasteiger partial charge in [-0.25, -0.2) is 4.79 Å². The number of nitrogens with one attached hydrogen (secondary N) is 1. The highest BCUT2D eigenvalue weighted by molar-refractivity contribution is 5.90. The second-order valence-electron chi connectivity index (χ2n) is 6.32. The molecule has 0 aliphatic heterocycles. The maximum atomic E-state index is 12.4. The number of methoxy groups -OCH3 is 1. The van der Waals surface area contributed by atoms with Crippen LogP contribution >= 0.6 is 0 Å². The summed E-state index contributed by atoms with van der Waals surface area (Å²) in [7, 11) is 1.48. The second-order valence-corrected chi connectivity index (χ2v) is 6.32. The first kappa shape index (κ1) is 22.6. The summed E-state index contributed by atoms with van der Waals surface area (Å²) < 4.78 is 10.1. The maximum absolute atomic E-state index is 12.4. The van der Waals surface area contributed by atoms with Crippen molar-refractivity contribution in [3.63, 3.8) is 0 Å². The van der Waals surface area contributed by atoms with Crippen LogP contribution in [0.2, 0.25) is 0 Å². The minimum absolute atomic E-state index is 0.0355. The molecule has 0 radical (unpaired) electrons. The Morgan fingerprint density at radius 1 is 1.00 bits per heavy atom. The van der Waals surface area contributed by atoms with Crippen LogP contribution in [0.15, 0.2) is 42.5 Å². The van der Waals surface area contributed by atoms with Gasteiger partial charge in [0.2, 0.25) is 0 Å². The van der Waals surface area contributed by atoms with E-state index in [1.807, 2.05) is 0 Å². The van der Waals surface area contributed by atoms with E-state index < -0.39 is 18.0 Å². The van der Waals surface area contributed by atoms with Crippen LogP contribution in [-0.4, -0.2) is 58.7 Å². The van der Waals surface area contributed by atoms with Crippen molar-refractivity contribution < 1.29 is 39.5 Å². The minimum atomic E-state index is -1.20. The van der Waals surface area contributed by atoms with E-state index in [9.17, 15) is 30.0 Å². The predicted molar refractivity (Wildman–Crippen MR) is 107 cm³/mol. The Hall–Kier alpha value is -3.72. The zero-order valence-corrected chi connectivity index (χ0v) is 16.2. The maximum Gasteiger partial charge on any atom is 0.331 e. The fraction of sp³-hybridized carbons (Fsp3) is 0.238. The third kappa shape index (κ3) is 6.71. The number of phenolic OH excluding ortho intramolecular Hbond substituents is 4. The summed E-state index contributed by atoms with van der Waals surface area (Å²) in [5.74, 6) is -2.66. The first-order valence-electron chi connectivity index (χ1n) is 8.98. The lowest BCUT2D eigenvalue weighted by atomic mass is 10.1. The van der Waals surface area contributed by atoms with E-state index in [2.05, 4.69) is 5.32 Å². The van der Waals surface area contributed by atoms with Crippen LogP contribution in [-0.2, 0) is 25.5 Å². The molecule has 0 aliphatic rings. The molecule has 1 atom stereocenters. The van der Waals surface area contributed by atoms with Crippen LogP contribution in [0.3, 0.4) is 0 Å². The Morgan fingerprint density at radius 2 is 1.67 bits per heavy atom. The Labute approximate surface area is 172 Å². The van der Waals surface area contributed by atoms with Gasteiger partial charge in [-0.2, -0.15) is 0 Å². The van der Waals surface area contributed by atoms with Gasteiger partial charge in [0.05, 0.1) is 6.61 Å². The number of hydrogen-bond acceptors (Lipinski definition) is 8. The molecule has 1 amide bonds. The number of esters is 1. The fourth-order valence-electron chi connectivity index (χ4n) is 2.48. The molecule has 2 aromatic carbocycles. The number of carbonyl (C=O) groups is 2. The fourth-order valence-corrected chi connectivity index (χ4v) is 2.48. The van der Waals surface area contributed by atoms with Crippen molar-refractivity contribution in [1.82, 2.24) is 5.32 Å². The van der Waals surface area contributed by atoms with Crippen molar-refractivity contribution in [1.29, 1.82) is 0 Å². The van der Waals surface area contributed by atoms with E-state index >= 15 is 0 Å². The van der Waals surface area contributed by atoms with Gasteiger partial charge in [-0.15, -0.1) is 0 Å². The summed E-state index contributed by atoms with van der Waals surface area (Å²) in [4.78, 5) is 24.6. The van der Waals surface area contributed by atoms with Crippen molar-refractivity contribution in [2.45, 2.75) is 12.5 Å². The molecule has 0 fully saturated rings. The lowest BCUT2D eigenvalue weighted by Crippen LogP contribution is -2.40. The summed E-state index contributed by atoms with van der Waals surface area (Å²) in [6, 6.07) is 8.04. The van der Waals surface area contributed by atoms with Gasteiger partial charge in [0.25, 0.3) is 5.91 Å². The minimum Gasteiger partial charge on any atom is -0.504 e. The Kier molecular flexibility index (Phi) is 8.07.